The number of likely N-dealkylation sites (N-methyl/N-ethyl adjacent to an activating group) is 1. The molecule has 2 aromatic carbocycles. The number of carbonyl (C=O) groups excluding carboxylic acids is 1. The smallest absolute Gasteiger partial charge is 0.228 e. The Morgan fingerprint density at radius 1 is 0.900 bits per heavy atom. The lowest BCUT2D eigenvalue weighted by Crippen LogP contribution is -2.45. The molecule has 1 fully saturated rings. The van der Waals surface area contributed by atoms with Crippen molar-refractivity contribution in [2.75, 3.05) is 51.2 Å². The molecule has 164 valence electrons. The topological polar surface area (TPSA) is 26.8 Å². The van der Waals surface area contributed by atoms with Crippen LogP contribution in [0.5, 0.6) is 0 Å². The van der Waals surface area contributed by atoms with Crippen LogP contribution in [0.2, 0.25) is 0 Å². The van der Waals surface area contributed by atoms with Gasteiger partial charge in [-0.15, -0.1) is 36.6 Å². The summed E-state index contributed by atoms with van der Waals surface area (Å²) in [6.07, 6.45) is 1.57. The standard InChI is InChI=1S/C23H29N3OS.2ClH/c1-24-14-16-25(17-15-24)12-7-13-26-20-10-5-6-11-21(20)28-22(18-23(26)27)19-8-3-2-4-9-19;;/h2-6,8-11,22H,7,12-18H2,1H3;2*1H. The number of carbonyl (C=O) groups is 1. The molecule has 2 heterocycles. The van der Waals surface area contributed by atoms with Crippen LogP contribution in [0.1, 0.15) is 23.7 Å². The highest BCUT2D eigenvalue weighted by Crippen LogP contribution is 2.45. The number of hydrogen-bond acceptors (Lipinski definition) is 4. The molecule has 2 aliphatic heterocycles. The number of benzene rings is 2. The molecule has 4 nitrogen and oxygen atoms in total. The number of rotatable bonds is 5. The van der Waals surface area contributed by atoms with Gasteiger partial charge in [0.2, 0.25) is 5.91 Å². The first-order valence-electron chi connectivity index (χ1n) is 10.2. The summed E-state index contributed by atoms with van der Waals surface area (Å²) in [5, 5.41) is 0.178. The van der Waals surface area contributed by atoms with Gasteiger partial charge in [-0.2, -0.15) is 0 Å². The van der Waals surface area contributed by atoms with E-state index in [1.54, 1.807) is 0 Å². The van der Waals surface area contributed by atoms with E-state index in [2.05, 4.69) is 59.3 Å². The first-order valence-corrected chi connectivity index (χ1v) is 11.1. The molecule has 1 saturated heterocycles. The lowest BCUT2D eigenvalue weighted by molar-refractivity contribution is -0.118. The van der Waals surface area contributed by atoms with Gasteiger partial charge >= 0.3 is 0 Å². The summed E-state index contributed by atoms with van der Waals surface area (Å²) in [5.41, 5.74) is 2.31. The fraction of sp³-hybridized carbons (Fsp3) is 0.435. The fourth-order valence-corrected chi connectivity index (χ4v) is 5.28. The van der Waals surface area contributed by atoms with Crippen molar-refractivity contribution in [3.63, 3.8) is 0 Å². The molecule has 7 heteroatoms. The van der Waals surface area contributed by atoms with Crippen LogP contribution in [0.3, 0.4) is 0 Å². The minimum atomic E-state index is 0. The van der Waals surface area contributed by atoms with Gasteiger partial charge in [0, 0.05) is 49.3 Å². The molecule has 1 unspecified atom stereocenters. The molecule has 0 spiro atoms. The van der Waals surface area contributed by atoms with E-state index in [-0.39, 0.29) is 36.0 Å². The van der Waals surface area contributed by atoms with Crippen LogP contribution >= 0.6 is 36.6 Å². The van der Waals surface area contributed by atoms with Crippen LogP contribution < -0.4 is 4.90 Å². The number of thioether (sulfide) groups is 1. The van der Waals surface area contributed by atoms with Crippen molar-refractivity contribution in [2.45, 2.75) is 23.0 Å². The van der Waals surface area contributed by atoms with E-state index in [1.165, 1.54) is 10.5 Å². The molecule has 0 aliphatic carbocycles. The normalized spacial score (nSPS) is 20.0. The highest BCUT2D eigenvalue weighted by Gasteiger charge is 2.29. The fourth-order valence-electron chi connectivity index (χ4n) is 4.00. The minimum absolute atomic E-state index is 0. The zero-order valence-corrected chi connectivity index (χ0v) is 19.9. The Morgan fingerprint density at radius 3 is 2.30 bits per heavy atom. The number of fused-ring (bicyclic) bond motifs is 1. The van der Waals surface area contributed by atoms with Gasteiger partial charge in [-0.05, 0) is 37.7 Å². The molecule has 0 bridgehead atoms. The monoisotopic (exact) mass is 467 g/mol. The Kier molecular flexibility index (Phi) is 9.98. The van der Waals surface area contributed by atoms with Crippen LogP contribution in [0, 0.1) is 0 Å². The van der Waals surface area contributed by atoms with Gasteiger partial charge in [-0.25, -0.2) is 0 Å². The van der Waals surface area contributed by atoms with E-state index in [1.807, 2.05) is 28.8 Å². The van der Waals surface area contributed by atoms with Gasteiger partial charge < -0.3 is 14.7 Å². The molecular formula is C23H31Cl2N3OS. The largest absolute Gasteiger partial charge is 0.311 e. The molecule has 4 rings (SSSR count). The zero-order valence-electron chi connectivity index (χ0n) is 17.4. The van der Waals surface area contributed by atoms with Crippen LogP contribution in [0.4, 0.5) is 5.69 Å². The van der Waals surface area contributed by atoms with Gasteiger partial charge in [0.05, 0.1) is 5.69 Å². The zero-order chi connectivity index (χ0) is 19.3. The number of para-hydroxylation sites is 1. The Hall–Kier alpha value is -1.24. The molecule has 0 saturated carbocycles. The van der Waals surface area contributed by atoms with Crippen molar-refractivity contribution in [2.24, 2.45) is 0 Å². The molecular weight excluding hydrogens is 437 g/mol. The number of piperazine rings is 1. The third-order valence-corrected chi connectivity index (χ3v) is 7.03. The maximum absolute atomic E-state index is 13.2. The molecule has 2 aliphatic rings. The third-order valence-electron chi connectivity index (χ3n) is 5.71. The summed E-state index contributed by atoms with van der Waals surface area (Å²) in [4.78, 5) is 21.3. The molecule has 1 amide bonds. The van der Waals surface area contributed by atoms with Crippen molar-refractivity contribution in [1.29, 1.82) is 0 Å². The summed E-state index contributed by atoms with van der Waals surface area (Å²) in [5.74, 6) is 0.240. The Balaban J connectivity index is 0.00000160. The minimum Gasteiger partial charge on any atom is -0.311 e. The van der Waals surface area contributed by atoms with Crippen molar-refractivity contribution >= 4 is 48.2 Å². The van der Waals surface area contributed by atoms with Crippen LogP contribution in [-0.2, 0) is 4.79 Å². The van der Waals surface area contributed by atoms with Crippen molar-refractivity contribution in [3.8, 4) is 0 Å². The van der Waals surface area contributed by atoms with E-state index in [4.69, 9.17) is 0 Å². The second-order valence-corrected chi connectivity index (χ2v) is 8.98. The molecule has 30 heavy (non-hydrogen) atoms. The predicted octanol–water partition coefficient (Wildman–Crippen LogP) is 4.74. The Bertz CT molecular complexity index is 800. The predicted molar refractivity (Wildman–Crippen MR) is 132 cm³/mol. The van der Waals surface area contributed by atoms with Gasteiger partial charge in [0.15, 0.2) is 0 Å². The highest BCUT2D eigenvalue weighted by atomic mass is 35.5. The van der Waals surface area contributed by atoms with E-state index >= 15 is 0 Å². The number of amides is 1. The van der Waals surface area contributed by atoms with Crippen LogP contribution in [-0.4, -0.2) is 62.0 Å². The van der Waals surface area contributed by atoms with Crippen LogP contribution in [0.25, 0.3) is 0 Å². The first kappa shape index (κ1) is 25.0. The summed E-state index contributed by atoms with van der Waals surface area (Å²) < 4.78 is 0. The summed E-state index contributed by atoms with van der Waals surface area (Å²) in [6, 6.07) is 18.8. The molecule has 0 radical (unpaired) electrons. The van der Waals surface area contributed by atoms with E-state index in [9.17, 15) is 4.79 Å². The molecule has 0 N–H and O–H groups in total. The Morgan fingerprint density at radius 2 is 1.57 bits per heavy atom. The van der Waals surface area contributed by atoms with E-state index in [0.29, 0.717) is 6.42 Å². The second-order valence-electron chi connectivity index (χ2n) is 7.73. The maximum atomic E-state index is 13.2. The van der Waals surface area contributed by atoms with Gasteiger partial charge in [-0.3, -0.25) is 4.79 Å². The lowest BCUT2D eigenvalue weighted by Gasteiger charge is -2.33. The number of anilines is 1. The third kappa shape index (κ3) is 6.14. The van der Waals surface area contributed by atoms with Gasteiger partial charge in [-0.1, -0.05) is 42.5 Å². The summed E-state index contributed by atoms with van der Waals surface area (Å²) in [7, 11) is 2.19. The average Bonchev–Trinajstić information content (AvgIpc) is 2.87. The van der Waals surface area contributed by atoms with E-state index in [0.717, 1.165) is 51.4 Å². The van der Waals surface area contributed by atoms with Crippen molar-refractivity contribution in [1.82, 2.24) is 9.80 Å². The van der Waals surface area contributed by atoms with Crippen molar-refractivity contribution < 1.29 is 4.79 Å². The second kappa shape index (κ2) is 12.0. The van der Waals surface area contributed by atoms with Gasteiger partial charge in [0.25, 0.3) is 0 Å². The lowest BCUT2D eigenvalue weighted by atomic mass is 10.1. The summed E-state index contributed by atoms with van der Waals surface area (Å²) in [6.45, 7) is 6.40. The Labute approximate surface area is 196 Å². The number of halogens is 2. The first-order chi connectivity index (χ1) is 13.7. The van der Waals surface area contributed by atoms with Crippen molar-refractivity contribution in [3.05, 3.63) is 60.2 Å². The maximum Gasteiger partial charge on any atom is 0.228 e. The van der Waals surface area contributed by atoms with E-state index < -0.39 is 0 Å². The molecule has 0 aromatic heterocycles. The molecule has 2 aromatic rings. The highest BCUT2D eigenvalue weighted by molar-refractivity contribution is 7.99. The molecule has 1 atom stereocenters. The quantitative estimate of drug-likeness (QED) is 0.634. The number of nitrogens with zero attached hydrogens (tertiary/aromatic N) is 3. The number of hydrogen-bond donors (Lipinski definition) is 0. The SMILES string of the molecule is CN1CCN(CCCN2C(=O)CC(c3ccccc3)Sc3ccccc32)CC1.Cl.Cl. The average molecular weight is 468 g/mol. The van der Waals surface area contributed by atoms with Crippen LogP contribution in [0.15, 0.2) is 59.5 Å². The summed E-state index contributed by atoms with van der Waals surface area (Å²) >= 11 is 1.82. The van der Waals surface area contributed by atoms with Gasteiger partial charge in [0.1, 0.15) is 0 Å².